The Morgan fingerprint density at radius 3 is 2.52 bits per heavy atom. The SMILES string of the molecule is Cn1cc2c(C(F)F)cc(=O)n(CCC(=O)Nc3ccc(OC(F)F)cc3)c2n1. The van der Waals surface area contributed by atoms with E-state index >= 15 is 0 Å². The van der Waals surface area contributed by atoms with Crippen LogP contribution in [0, 0.1) is 0 Å². The Bertz CT molecular complexity index is 1080. The van der Waals surface area contributed by atoms with Crippen molar-refractivity contribution in [3.05, 3.63) is 52.4 Å². The Balaban J connectivity index is 1.72. The average molecular weight is 412 g/mol. The van der Waals surface area contributed by atoms with E-state index in [2.05, 4.69) is 15.2 Å². The molecule has 0 atom stereocenters. The molecule has 0 aliphatic rings. The Kier molecular flexibility index (Phi) is 5.85. The number of alkyl halides is 4. The minimum atomic E-state index is -2.95. The zero-order chi connectivity index (χ0) is 21.1. The van der Waals surface area contributed by atoms with Crippen LogP contribution in [-0.4, -0.2) is 26.9 Å². The van der Waals surface area contributed by atoms with Gasteiger partial charge in [-0.2, -0.15) is 13.9 Å². The molecule has 2 aromatic heterocycles. The molecule has 11 heteroatoms. The third-order valence-electron chi connectivity index (χ3n) is 4.08. The zero-order valence-corrected chi connectivity index (χ0v) is 15.1. The molecule has 0 aliphatic carbocycles. The molecule has 7 nitrogen and oxygen atoms in total. The quantitative estimate of drug-likeness (QED) is 0.604. The monoisotopic (exact) mass is 412 g/mol. The van der Waals surface area contributed by atoms with Gasteiger partial charge in [0.15, 0.2) is 5.65 Å². The van der Waals surface area contributed by atoms with E-state index in [9.17, 15) is 27.2 Å². The number of benzene rings is 1. The maximum Gasteiger partial charge on any atom is 0.387 e. The van der Waals surface area contributed by atoms with Crippen LogP contribution in [0.3, 0.4) is 0 Å². The number of ether oxygens (including phenoxy) is 1. The molecule has 0 fully saturated rings. The van der Waals surface area contributed by atoms with E-state index in [0.29, 0.717) is 5.69 Å². The highest BCUT2D eigenvalue weighted by Gasteiger charge is 2.19. The average Bonchev–Trinajstić information content (AvgIpc) is 3.02. The Morgan fingerprint density at radius 1 is 1.21 bits per heavy atom. The Morgan fingerprint density at radius 2 is 1.90 bits per heavy atom. The van der Waals surface area contributed by atoms with E-state index < -0.39 is 30.1 Å². The second kappa shape index (κ2) is 8.33. The van der Waals surface area contributed by atoms with Crippen LogP contribution in [0.25, 0.3) is 11.0 Å². The van der Waals surface area contributed by atoms with Gasteiger partial charge in [0.1, 0.15) is 5.75 Å². The summed E-state index contributed by atoms with van der Waals surface area (Å²) < 4.78 is 57.3. The van der Waals surface area contributed by atoms with Crippen LogP contribution < -0.4 is 15.6 Å². The predicted octanol–water partition coefficient (Wildman–Crippen LogP) is 3.30. The molecular formula is C18H16F4N4O3. The molecule has 1 N–H and O–H groups in total. The van der Waals surface area contributed by atoms with Crippen LogP contribution in [0.2, 0.25) is 0 Å². The van der Waals surface area contributed by atoms with Crippen molar-refractivity contribution in [2.24, 2.45) is 7.05 Å². The molecule has 1 aromatic carbocycles. The highest BCUT2D eigenvalue weighted by molar-refractivity contribution is 5.90. The van der Waals surface area contributed by atoms with Crippen molar-refractivity contribution in [1.82, 2.24) is 14.3 Å². The van der Waals surface area contributed by atoms with E-state index in [1.165, 1.54) is 42.2 Å². The first-order valence-electron chi connectivity index (χ1n) is 8.44. The van der Waals surface area contributed by atoms with E-state index in [4.69, 9.17) is 0 Å². The number of amides is 1. The van der Waals surface area contributed by atoms with Gasteiger partial charge >= 0.3 is 6.61 Å². The lowest BCUT2D eigenvalue weighted by atomic mass is 10.2. The number of nitrogens with one attached hydrogen (secondary N) is 1. The van der Waals surface area contributed by atoms with Crippen LogP contribution in [0.4, 0.5) is 23.2 Å². The molecule has 3 rings (SSSR count). The van der Waals surface area contributed by atoms with Gasteiger partial charge in [-0.1, -0.05) is 0 Å². The topological polar surface area (TPSA) is 78.2 Å². The van der Waals surface area contributed by atoms with E-state index in [1.807, 2.05) is 0 Å². The largest absolute Gasteiger partial charge is 0.435 e. The number of nitrogens with zero attached hydrogens (tertiary/aromatic N) is 3. The predicted molar refractivity (Wildman–Crippen MR) is 96.3 cm³/mol. The normalized spacial score (nSPS) is 11.4. The van der Waals surface area contributed by atoms with Gasteiger partial charge in [-0.15, -0.1) is 0 Å². The van der Waals surface area contributed by atoms with Gasteiger partial charge < -0.3 is 10.1 Å². The van der Waals surface area contributed by atoms with Crippen LogP contribution in [0.15, 0.2) is 41.3 Å². The van der Waals surface area contributed by atoms with E-state index in [1.54, 1.807) is 0 Å². The Labute approximate surface area is 161 Å². The fourth-order valence-corrected chi connectivity index (χ4v) is 2.83. The summed E-state index contributed by atoms with van der Waals surface area (Å²) in [4.78, 5) is 24.4. The second-order valence-corrected chi connectivity index (χ2v) is 6.13. The Hall–Kier alpha value is -3.37. The summed E-state index contributed by atoms with van der Waals surface area (Å²) in [5.74, 6) is -0.511. The van der Waals surface area contributed by atoms with Crippen molar-refractivity contribution >= 4 is 22.6 Å². The van der Waals surface area contributed by atoms with Crippen LogP contribution in [0.5, 0.6) is 5.75 Å². The third-order valence-corrected chi connectivity index (χ3v) is 4.08. The fourth-order valence-electron chi connectivity index (χ4n) is 2.83. The van der Waals surface area contributed by atoms with Crippen LogP contribution in [0.1, 0.15) is 18.4 Å². The summed E-state index contributed by atoms with van der Waals surface area (Å²) >= 11 is 0. The zero-order valence-electron chi connectivity index (χ0n) is 15.1. The number of aryl methyl sites for hydroxylation is 2. The molecule has 0 bridgehead atoms. The number of carbonyl (C=O) groups excluding carboxylic acids is 1. The number of fused-ring (bicyclic) bond motifs is 1. The molecule has 2 heterocycles. The number of pyridine rings is 1. The molecule has 0 saturated heterocycles. The molecule has 154 valence electrons. The van der Waals surface area contributed by atoms with Gasteiger partial charge in [-0.05, 0) is 24.3 Å². The van der Waals surface area contributed by atoms with Crippen LogP contribution >= 0.6 is 0 Å². The van der Waals surface area contributed by atoms with Gasteiger partial charge in [-0.3, -0.25) is 18.8 Å². The molecule has 1 amide bonds. The first-order valence-corrected chi connectivity index (χ1v) is 8.44. The van der Waals surface area contributed by atoms with Crippen molar-refractivity contribution in [1.29, 1.82) is 0 Å². The number of aromatic nitrogens is 3. The first kappa shape index (κ1) is 20.4. The number of rotatable bonds is 7. The molecule has 0 aliphatic heterocycles. The molecule has 0 unspecified atom stereocenters. The van der Waals surface area contributed by atoms with Gasteiger partial charge in [0.2, 0.25) is 5.91 Å². The molecule has 0 spiro atoms. The maximum absolute atomic E-state index is 13.2. The molecular weight excluding hydrogens is 396 g/mol. The maximum atomic E-state index is 13.2. The van der Waals surface area contributed by atoms with Crippen molar-refractivity contribution in [3.63, 3.8) is 0 Å². The lowest BCUT2D eigenvalue weighted by Gasteiger charge is -2.10. The van der Waals surface area contributed by atoms with Gasteiger partial charge in [0.05, 0.1) is 0 Å². The standard InChI is InChI=1S/C18H16F4N4O3/c1-25-9-13-12(16(19)20)8-15(28)26(17(13)24-25)7-6-14(27)23-10-2-4-11(5-3-10)29-18(21)22/h2-5,8-9,16,18H,6-7H2,1H3,(H,23,27). The lowest BCUT2D eigenvalue weighted by Crippen LogP contribution is -2.24. The molecule has 29 heavy (non-hydrogen) atoms. The highest BCUT2D eigenvalue weighted by atomic mass is 19.3. The summed E-state index contributed by atoms with van der Waals surface area (Å²) in [5.41, 5.74) is -0.686. The number of hydrogen-bond donors (Lipinski definition) is 1. The smallest absolute Gasteiger partial charge is 0.387 e. The molecule has 0 saturated carbocycles. The van der Waals surface area contributed by atoms with Crippen molar-refractivity contribution < 1.29 is 27.1 Å². The number of hydrogen-bond acceptors (Lipinski definition) is 4. The first-order chi connectivity index (χ1) is 13.7. The van der Waals surface area contributed by atoms with Crippen molar-refractivity contribution in [2.75, 3.05) is 5.32 Å². The van der Waals surface area contributed by atoms with E-state index in [-0.39, 0.29) is 29.7 Å². The molecule has 0 radical (unpaired) electrons. The second-order valence-electron chi connectivity index (χ2n) is 6.13. The summed E-state index contributed by atoms with van der Waals surface area (Å²) in [6.45, 7) is -3.03. The fraction of sp³-hybridized carbons (Fsp3) is 0.278. The van der Waals surface area contributed by atoms with Gasteiger partial charge in [-0.25, -0.2) is 8.78 Å². The number of halogens is 4. The lowest BCUT2D eigenvalue weighted by molar-refractivity contribution is -0.116. The summed E-state index contributed by atoms with van der Waals surface area (Å²) in [7, 11) is 1.54. The number of anilines is 1. The minimum absolute atomic E-state index is 0.0544. The van der Waals surface area contributed by atoms with E-state index in [0.717, 1.165) is 10.6 Å². The molecule has 3 aromatic rings. The summed E-state index contributed by atoms with van der Waals surface area (Å²) in [6, 6.07) is 6.15. The summed E-state index contributed by atoms with van der Waals surface area (Å²) in [5, 5.41) is 6.74. The van der Waals surface area contributed by atoms with Gasteiger partial charge in [0.25, 0.3) is 12.0 Å². The van der Waals surface area contributed by atoms with Crippen LogP contribution in [-0.2, 0) is 18.4 Å². The minimum Gasteiger partial charge on any atom is -0.435 e. The number of carbonyl (C=O) groups is 1. The van der Waals surface area contributed by atoms with Gasteiger partial charge in [0, 0.05) is 48.9 Å². The third kappa shape index (κ3) is 4.73. The highest BCUT2D eigenvalue weighted by Crippen LogP contribution is 2.25. The summed E-state index contributed by atoms with van der Waals surface area (Å²) in [6.07, 6.45) is -1.57. The van der Waals surface area contributed by atoms with Crippen molar-refractivity contribution in [2.45, 2.75) is 26.0 Å². The van der Waals surface area contributed by atoms with Crippen molar-refractivity contribution in [3.8, 4) is 5.75 Å².